The van der Waals surface area contributed by atoms with E-state index in [4.69, 9.17) is 11.6 Å². The quantitative estimate of drug-likeness (QED) is 0.711. The number of hydrogen-bond donors (Lipinski definition) is 1. The second kappa shape index (κ2) is 7.37. The molecule has 2 aromatic carbocycles. The molecule has 0 fully saturated rings. The normalized spacial score (nSPS) is 10.5. The molecule has 7 nitrogen and oxygen atoms in total. The van der Waals surface area contributed by atoms with E-state index in [0.717, 1.165) is 0 Å². The van der Waals surface area contributed by atoms with E-state index in [1.165, 1.54) is 24.1 Å². The number of aromatic nitrogens is 2. The summed E-state index contributed by atoms with van der Waals surface area (Å²) in [5.74, 6) is -1.04. The summed E-state index contributed by atoms with van der Waals surface area (Å²) in [5.41, 5.74) is 0.623. The first-order chi connectivity index (χ1) is 12.5. The van der Waals surface area contributed by atoms with E-state index in [-0.39, 0.29) is 17.7 Å². The van der Waals surface area contributed by atoms with Crippen LogP contribution in [0.15, 0.2) is 53.6 Å². The summed E-state index contributed by atoms with van der Waals surface area (Å²) in [7, 11) is 1.26. The van der Waals surface area contributed by atoms with Crippen LogP contribution >= 0.6 is 11.6 Å². The van der Waals surface area contributed by atoms with Gasteiger partial charge in [-0.1, -0.05) is 23.7 Å². The molecule has 0 aliphatic carbocycles. The number of rotatable bonds is 4. The highest BCUT2D eigenvalue weighted by atomic mass is 35.5. The van der Waals surface area contributed by atoms with Crippen LogP contribution in [0.1, 0.15) is 10.4 Å². The van der Waals surface area contributed by atoms with Gasteiger partial charge in [-0.3, -0.25) is 14.2 Å². The average molecular weight is 372 g/mol. The minimum absolute atomic E-state index is 0.224. The molecule has 0 radical (unpaired) electrons. The van der Waals surface area contributed by atoms with Gasteiger partial charge in [-0.15, -0.1) is 0 Å². The Morgan fingerprint density at radius 3 is 2.77 bits per heavy atom. The number of hydrogen-bond acceptors (Lipinski definition) is 5. The molecule has 26 heavy (non-hydrogen) atoms. The van der Waals surface area contributed by atoms with Gasteiger partial charge in [0.25, 0.3) is 5.56 Å². The van der Waals surface area contributed by atoms with Gasteiger partial charge in [0.15, 0.2) is 0 Å². The maximum absolute atomic E-state index is 12.5. The summed E-state index contributed by atoms with van der Waals surface area (Å²) in [6.07, 6.45) is 1.28. The van der Waals surface area contributed by atoms with Crippen LogP contribution in [0.4, 0.5) is 5.69 Å². The number of nitrogens with zero attached hydrogens (tertiary/aromatic N) is 2. The fourth-order valence-corrected chi connectivity index (χ4v) is 2.63. The summed E-state index contributed by atoms with van der Waals surface area (Å²) >= 11 is 5.89. The largest absolute Gasteiger partial charge is 0.465 e. The number of esters is 1. The maximum atomic E-state index is 12.5. The first kappa shape index (κ1) is 17.6. The van der Waals surface area contributed by atoms with Crippen molar-refractivity contribution < 1.29 is 14.3 Å². The van der Waals surface area contributed by atoms with Crippen LogP contribution in [0.5, 0.6) is 0 Å². The highest BCUT2D eigenvalue weighted by molar-refractivity contribution is 6.31. The van der Waals surface area contributed by atoms with Gasteiger partial charge in [0, 0.05) is 5.02 Å². The summed E-state index contributed by atoms with van der Waals surface area (Å²) in [5, 5.41) is 3.44. The number of benzene rings is 2. The molecule has 0 saturated heterocycles. The topological polar surface area (TPSA) is 90.3 Å². The van der Waals surface area contributed by atoms with Crippen molar-refractivity contribution in [2.24, 2.45) is 0 Å². The van der Waals surface area contributed by atoms with Crippen LogP contribution in [-0.4, -0.2) is 28.5 Å². The van der Waals surface area contributed by atoms with Crippen LogP contribution in [0.3, 0.4) is 0 Å². The summed E-state index contributed by atoms with van der Waals surface area (Å²) in [4.78, 5) is 40.7. The molecular weight excluding hydrogens is 358 g/mol. The van der Waals surface area contributed by atoms with E-state index < -0.39 is 11.9 Å². The van der Waals surface area contributed by atoms with Crippen molar-refractivity contribution in [3.05, 3.63) is 69.7 Å². The molecule has 132 valence electrons. The Labute approximate surface area is 153 Å². The van der Waals surface area contributed by atoms with Crippen molar-refractivity contribution in [2.45, 2.75) is 6.54 Å². The van der Waals surface area contributed by atoms with Crippen LogP contribution in [0.25, 0.3) is 10.9 Å². The molecule has 1 N–H and O–H groups in total. The minimum Gasteiger partial charge on any atom is -0.465 e. The number of ether oxygens (including phenoxy) is 1. The number of fused-ring (bicyclic) bond motifs is 1. The third-order valence-electron chi connectivity index (χ3n) is 3.71. The van der Waals surface area contributed by atoms with Crippen LogP contribution in [0.2, 0.25) is 5.02 Å². The predicted molar refractivity (Wildman–Crippen MR) is 97.4 cm³/mol. The smallest absolute Gasteiger partial charge is 0.339 e. The Balaban J connectivity index is 1.84. The van der Waals surface area contributed by atoms with Gasteiger partial charge >= 0.3 is 5.97 Å². The molecule has 0 aliphatic rings. The van der Waals surface area contributed by atoms with Crippen molar-refractivity contribution in [3.8, 4) is 0 Å². The van der Waals surface area contributed by atoms with E-state index in [9.17, 15) is 14.4 Å². The third-order valence-corrected chi connectivity index (χ3v) is 3.94. The van der Waals surface area contributed by atoms with E-state index >= 15 is 0 Å². The van der Waals surface area contributed by atoms with Gasteiger partial charge in [0.2, 0.25) is 5.91 Å². The molecular formula is C18H14ClN3O4. The highest BCUT2D eigenvalue weighted by Gasteiger charge is 2.14. The van der Waals surface area contributed by atoms with Gasteiger partial charge in [-0.25, -0.2) is 9.78 Å². The summed E-state index contributed by atoms with van der Waals surface area (Å²) in [6, 6.07) is 11.2. The van der Waals surface area contributed by atoms with Crippen molar-refractivity contribution in [1.82, 2.24) is 9.55 Å². The molecule has 1 amide bonds. The number of halogens is 1. The molecule has 0 spiro atoms. The van der Waals surface area contributed by atoms with Crippen LogP contribution < -0.4 is 10.9 Å². The van der Waals surface area contributed by atoms with Crippen molar-refractivity contribution in [2.75, 3.05) is 12.4 Å². The van der Waals surface area contributed by atoms with Gasteiger partial charge in [-0.2, -0.15) is 0 Å². The molecule has 3 aromatic rings. The molecule has 0 saturated carbocycles. The van der Waals surface area contributed by atoms with Gasteiger partial charge in [0.05, 0.1) is 35.6 Å². The number of anilines is 1. The second-order valence-corrected chi connectivity index (χ2v) is 5.86. The second-order valence-electron chi connectivity index (χ2n) is 5.42. The Bertz CT molecular complexity index is 1060. The molecule has 1 aromatic heterocycles. The van der Waals surface area contributed by atoms with Crippen LogP contribution in [0, 0.1) is 0 Å². The lowest BCUT2D eigenvalue weighted by Crippen LogP contribution is -2.28. The highest BCUT2D eigenvalue weighted by Crippen LogP contribution is 2.16. The lowest BCUT2D eigenvalue weighted by Gasteiger charge is -2.11. The summed E-state index contributed by atoms with van der Waals surface area (Å²) < 4.78 is 5.87. The molecule has 0 bridgehead atoms. The Morgan fingerprint density at radius 1 is 1.23 bits per heavy atom. The van der Waals surface area contributed by atoms with Crippen molar-refractivity contribution in [3.63, 3.8) is 0 Å². The minimum atomic E-state index is -0.567. The van der Waals surface area contributed by atoms with E-state index in [2.05, 4.69) is 15.0 Å². The third kappa shape index (κ3) is 3.57. The number of carbonyl (C=O) groups is 2. The molecule has 1 heterocycles. The molecule has 0 aliphatic heterocycles. The first-order valence-corrected chi connectivity index (χ1v) is 7.99. The fourth-order valence-electron chi connectivity index (χ4n) is 2.47. The molecule has 0 atom stereocenters. The average Bonchev–Trinajstić information content (AvgIpc) is 2.64. The number of nitrogens with one attached hydrogen (secondary N) is 1. The first-order valence-electron chi connectivity index (χ1n) is 7.61. The van der Waals surface area contributed by atoms with Crippen molar-refractivity contribution in [1.29, 1.82) is 0 Å². The van der Waals surface area contributed by atoms with Crippen LogP contribution in [-0.2, 0) is 16.1 Å². The monoisotopic (exact) mass is 371 g/mol. The standard InChI is InChI=1S/C18H14ClN3O4/c1-26-18(25)13-4-2-3-5-14(13)21-16(23)9-22-10-20-15-8-11(19)6-7-12(15)17(22)24/h2-8,10H,9H2,1H3,(H,21,23). The van der Waals surface area contributed by atoms with Gasteiger partial charge < -0.3 is 10.1 Å². The van der Waals surface area contributed by atoms with E-state index in [1.807, 2.05) is 0 Å². The SMILES string of the molecule is COC(=O)c1ccccc1NC(=O)Cn1cnc2cc(Cl)ccc2c1=O. The van der Waals surface area contributed by atoms with Gasteiger partial charge in [0.1, 0.15) is 6.54 Å². The lowest BCUT2D eigenvalue weighted by molar-refractivity contribution is -0.116. The number of amides is 1. The maximum Gasteiger partial charge on any atom is 0.339 e. The zero-order chi connectivity index (χ0) is 18.7. The fraction of sp³-hybridized carbons (Fsp3) is 0.111. The number of para-hydroxylation sites is 1. The Hall–Kier alpha value is -3.19. The zero-order valence-electron chi connectivity index (χ0n) is 13.7. The Kier molecular flexibility index (Phi) is 4.99. The van der Waals surface area contributed by atoms with Crippen molar-refractivity contribution >= 4 is 40.1 Å². The molecule has 3 rings (SSSR count). The van der Waals surface area contributed by atoms with E-state index in [0.29, 0.717) is 21.6 Å². The predicted octanol–water partition coefficient (Wildman–Crippen LogP) is 2.48. The molecule has 0 unspecified atom stereocenters. The Morgan fingerprint density at radius 2 is 2.00 bits per heavy atom. The number of methoxy groups -OCH3 is 1. The lowest BCUT2D eigenvalue weighted by atomic mass is 10.2. The van der Waals surface area contributed by atoms with E-state index in [1.54, 1.807) is 36.4 Å². The number of carbonyl (C=O) groups excluding carboxylic acids is 2. The molecule has 8 heteroatoms. The summed E-state index contributed by atoms with van der Waals surface area (Å²) in [6.45, 7) is -0.250. The van der Waals surface area contributed by atoms with Gasteiger partial charge in [-0.05, 0) is 30.3 Å². The zero-order valence-corrected chi connectivity index (χ0v) is 14.5.